The summed E-state index contributed by atoms with van der Waals surface area (Å²) in [4.78, 5) is 20.2. The zero-order chi connectivity index (χ0) is 15.6. The highest BCUT2D eigenvalue weighted by atomic mass is 32.1. The van der Waals surface area contributed by atoms with Gasteiger partial charge in [0.2, 0.25) is 0 Å². The molecular weight excluding hydrogens is 288 g/mol. The van der Waals surface area contributed by atoms with Gasteiger partial charge in [0, 0.05) is 16.9 Å². The van der Waals surface area contributed by atoms with Gasteiger partial charge < -0.3 is 4.84 Å². The molecule has 0 aliphatic rings. The molecule has 1 aromatic heterocycles. The second-order valence-corrected chi connectivity index (χ2v) is 6.19. The lowest BCUT2D eigenvalue weighted by atomic mass is 10.0. The molecule has 2 aromatic rings. The van der Waals surface area contributed by atoms with E-state index in [0.717, 1.165) is 21.1 Å². The topological polar surface area (TPSA) is 65.3 Å². The number of hydrogen-bond donors (Lipinski definition) is 0. The number of hydrogen-bond acceptors (Lipinski definition) is 5. The smallest absolute Gasteiger partial charge is 0.294 e. The summed E-state index contributed by atoms with van der Waals surface area (Å²) >= 11 is 1.58. The van der Waals surface area contributed by atoms with Gasteiger partial charge >= 0.3 is 0 Å². The third kappa shape index (κ3) is 3.58. The van der Waals surface area contributed by atoms with Gasteiger partial charge in [-0.25, -0.2) is 4.98 Å². The molecule has 2 rings (SSSR count). The van der Waals surface area contributed by atoms with Crippen LogP contribution >= 0.6 is 11.3 Å². The average molecular weight is 306 g/mol. The van der Waals surface area contributed by atoms with Gasteiger partial charge in [-0.2, -0.15) is 0 Å². The molecule has 0 aliphatic carbocycles. The molecule has 0 amide bonds. The predicted octanol–water partition coefficient (Wildman–Crippen LogP) is 3.79. The van der Waals surface area contributed by atoms with E-state index in [0.29, 0.717) is 6.42 Å². The van der Waals surface area contributed by atoms with E-state index in [-0.39, 0.29) is 6.61 Å². The van der Waals surface area contributed by atoms with Crippen LogP contribution in [0.2, 0.25) is 0 Å². The minimum Gasteiger partial charge on any atom is -0.314 e. The van der Waals surface area contributed by atoms with Gasteiger partial charge in [-0.05, 0) is 38.8 Å². The second kappa shape index (κ2) is 6.22. The average Bonchev–Trinajstić information content (AvgIpc) is 2.68. The maximum absolute atomic E-state index is 10.2. The van der Waals surface area contributed by atoms with Crippen molar-refractivity contribution in [2.24, 2.45) is 0 Å². The van der Waals surface area contributed by atoms with Crippen LogP contribution in [0, 0.1) is 37.8 Å². The zero-order valence-corrected chi connectivity index (χ0v) is 13.4. The number of rotatable bonds is 5. The van der Waals surface area contributed by atoms with Crippen LogP contribution in [0.5, 0.6) is 0 Å². The van der Waals surface area contributed by atoms with Crippen LogP contribution in [0.4, 0.5) is 0 Å². The van der Waals surface area contributed by atoms with Crippen LogP contribution in [0.25, 0.3) is 10.6 Å². The number of nitrogens with zero attached hydrogens (tertiary/aromatic N) is 2. The van der Waals surface area contributed by atoms with Gasteiger partial charge in [-0.15, -0.1) is 21.5 Å². The zero-order valence-electron chi connectivity index (χ0n) is 12.6. The van der Waals surface area contributed by atoms with E-state index in [1.54, 1.807) is 11.3 Å². The van der Waals surface area contributed by atoms with Crippen LogP contribution in [0.3, 0.4) is 0 Å². The molecule has 112 valence electrons. The minimum absolute atomic E-state index is 0.0708. The van der Waals surface area contributed by atoms with E-state index in [4.69, 9.17) is 0 Å². The van der Waals surface area contributed by atoms with E-state index in [9.17, 15) is 10.1 Å². The fourth-order valence-electron chi connectivity index (χ4n) is 2.50. The van der Waals surface area contributed by atoms with Crippen LogP contribution in [0.1, 0.15) is 27.3 Å². The normalized spacial score (nSPS) is 10.7. The van der Waals surface area contributed by atoms with E-state index in [1.165, 1.54) is 16.7 Å². The van der Waals surface area contributed by atoms with Gasteiger partial charge in [0.05, 0.1) is 5.69 Å². The first kappa shape index (κ1) is 15.4. The highest BCUT2D eigenvalue weighted by Crippen LogP contribution is 2.33. The Morgan fingerprint density at radius 1 is 1.24 bits per heavy atom. The molecule has 0 spiro atoms. The lowest BCUT2D eigenvalue weighted by Crippen LogP contribution is -2.04. The molecule has 0 atom stereocenters. The summed E-state index contributed by atoms with van der Waals surface area (Å²) in [6.07, 6.45) is 0.508. The Hall–Kier alpha value is -1.95. The Kier molecular flexibility index (Phi) is 4.57. The van der Waals surface area contributed by atoms with Gasteiger partial charge in [-0.3, -0.25) is 0 Å². The van der Waals surface area contributed by atoms with Crippen molar-refractivity contribution in [3.8, 4) is 10.6 Å². The Labute approximate surface area is 127 Å². The fraction of sp³-hybridized carbons (Fsp3) is 0.400. The molecule has 0 saturated heterocycles. The van der Waals surface area contributed by atoms with Gasteiger partial charge in [0.15, 0.2) is 0 Å². The molecule has 0 N–H and O–H groups in total. The first-order chi connectivity index (χ1) is 9.88. The second-order valence-electron chi connectivity index (χ2n) is 5.11. The molecule has 21 heavy (non-hydrogen) atoms. The van der Waals surface area contributed by atoms with Crippen molar-refractivity contribution in [1.29, 1.82) is 0 Å². The van der Waals surface area contributed by atoms with E-state index in [2.05, 4.69) is 42.7 Å². The summed E-state index contributed by atoms with van der Waals surface area (Å²) < 4.78 is 0. The van der Waals surface area contributed by atoms with Crippen LogP contribution < -0.4 is 0 Å². The molecule has 0 aliphatic heterocycles. The highest BCUT2D eigenvalue weighted by Gasteiger charge is 2.14. The molecule has 0 fully saturated rings. The van der Waals surface area contributed by atoms with Crippen molar-refractivity contribution in [3.05, 3.63) is 49.5 Å². The Bertz CT molecular complexity index is 657. The monoisotopic (exact) mass is 306 g/mol. The highest BCUT2D eigenvalue weighted by molar-refractivity contribution is 7.15. The predicted molar refractivity (Wildman–Crippen MR) is 83.1 cm³/mol. The minimum atomic E-state index is -0.758. The number of benzene rings is 1. The lowest BCUT2D eigenvalue weighted by molar-refractivity contribution is -0.757. The molecule has 0 saturated carbocycles. The summed E-state index contributed by atoms with van der Waals surface area (Å²) in [7, 11) is 0. The van der Waals surface area contributed by atoms with Gasteiger partial charge in [0.1, 0.15) is 11.6 Å². The largest absolute Gasteiger partial charge is 0.314 e. The molecule has 1 heterocycles. The molecule has 5 nitrogen and oxygen atoms in total. The quantitative estimate of drug-likeness (QED) is 0.622. The standard InChI is InChI=1S/C15H18N2O3S/c1-9-7-10(2)14(11(3)8-9)15-16-12(4)13(21-15)5-6-20-17(18)19/h7-8H,5-6H2,1-4H3. The maximum atomic E-state index is 10.2. The van der Waals surface area contributed by atoms with E-state index in [1.807, 2.05) is 6.92 Å². The Balaban J connectivity index is 2.28. The summed E-state index contributed by atoms with van der Waals surface area (Å²) in [6.45, 7) is 8.25. The van der Waals surface area contributed by atoms with Crippen molar-refractivity contribution < 1.29 is 9.92 Å². The summed E-state index contributed by atoms with van der Waals surface area (Å²) in [5.41, 5.74) is 5.72. The van der Waals surface area contributed by atoms with Crippen LogP contribution in [-0.4, -0.2) is 16.7 Å². The third-order valence-electron chi connectivity index (χ3n) is 3.31. The third-order valence-corrected chi connectivity index (χ3v) is 4.54. The van der Waals surface area contributed by atoms with Crippen molar-refractivity contribution in [1.82, 2.24) is 4.98 Å². The first-order valence-electron chi connectivity index (χ1n) is 6.70. The molecule has 0 bridgehead atoms. The van der Waals surface area contributed by atoms with Crippen molar-refractivity contribution in [3.63, 3.8) is 0 Å². The molecule has 6 heteroatoms. The molecule has 1 aromatic carbocycles. The summed E-state index contributed by atoms with van der Waals surface area (Å²) in [6, 6.07) is 4.29. The van der Waals surface area contributed by atoms with Crippen LogP contribution in [0.15, 0.2) is 12.1 Å². The molecular formula is C15H18N2O3S. The van der Waals surface area contributed by atoms with Gasteiger partial charge in [0.25, 0.3) is 5.09 Å². The lowest BCUT2D eigenvalue weighted by Gasteiger charge is -2.08. The number of aromatic nitrogens is 1. The van der Waals surface area contributed by atoms with Gasteiger partial charge in [-0.1, -0.05) is 17.7 Å². The van der Waals surface area contributed by atoms with Crippen molar-refractivity contribution in [2.45, 2.75) is 34.1 Å². The van der Waals surface area contributed by atoms with E-state index < -0.39 is 5.09 Å². The van der Waals surface area contributed by atoms with Crippen LogP contribution in [-0.2, 0) is 11.3 Å². The summed E-state index contributed by atoms with van der Waals surface area (Å²) in [5.74, 6) is 0. The number of thiazole rings is 1. The molecule has 0 radical (unpaired) electrons. The fourth-order valence-corrected chi connectivity index (χ4v) is 3.72. The summed E-state index contributed by atoms with van der Waals surface area (Å²) in [5, 5.41) is 10.4. The van der Waals surface area contributed by atoms with Crippen molar-refractivity contribution >= 4 is 11.3 Å². The van der Waals surface area contributed by atoms with Crippen molar-refractivity contribution in [2.75, 3.05) is 6.61 Å². The van der Waals surface area contributed by atoms with E-state index >= 15 is 0 Å². The number of aryl methyl sites for hydroxylation is 4. The maximum Gasteiger partial charge on any atom is 0.294 e. The Morgan fingerprint density at radius 2 is 1.86 bits per heavy atom. The molecule has 0 unspecified atom stereocenters. The Morgan fingerprint density at radius 3 is 2.43 bits per heavy atom. The first-order valence-corrected chi connectivity index (χ1v) is 7.52. The SMILES string of the molecule is Cc1cc(C)c(-c2nc(C)c(CCO[N+](=O)[O-])s2)c(C)c1.